The first-order valence-corrected chi connectivity index (χ1v) is 2.82. The van der Waals surface area contributed by atoms with E-state index in [-0.39, 0.29) is 0 Å². The zero-order valence-corrected chi connectivity index (χ0v) is 5.29. The van der Waals surface area contributed by atoms with Crippen LogP contribution >= 0.6 is 0 Å². The molecule has 2 radical (unpaired) electrons. The summed E-state index contributed by atoms with van der Waals surface area (Å²) in [6, 6.07) is 9.56. The molecule has 0 bridgehead atoms. The van der Waals surface area contributed by atoms with E-state index >= 15 is 0 Å². The molecule has 0 saturated heterocycles. The van der Waals surface area contributed by atoms with Crippen molar-refractivity contribution < 1.29 is 4.74 Å². The molecule has 1 aromatic rings. The molecule has 0 fully saturated rings. The van der Waals surface area contributed by atoms with Gasteiger partial charge in [-0.3, -0.25) is 0 Å². The van der Waals surface area contributed by atoms with Gasteiger partial charge in [-0.1, -0.05) is 18.2 Å². The highest BCUT2D eigenvalue weighted by atomic mass is 16.5. The summed E-state index contributed by atoms with van der Waals surface area (Å²) in [5, 5.41) is 0. The van der Waals surface area contributed by atoms with Crippen molar-refractivity contribution in [2.24, 2.45) is 0 Å². The van der Waals surface area contributed by atoms with E-state index in [9.17, 15) is 0 Å². The van der Waals surface area contributed by atoms with E-state index in [1.54, 1.807) is 6.92 Å². The lowest BCUT2D eigenvalue weighted by molar-refractivity contribution is 0.416. The summed E-state index contributed by atoms with van der Waals surface area (Å²) < 4.78 is 4.96. The van der Waals surface area contributed by atoms with E-state index in [1.807, 2.05) is 30.3 Å². The zero-order chi connectivity index (χ0) is 6.53. The van der Waals surface area contributed by atoms with Crippen LogP contribution in [0, 0.1) is 6.61 Å². The normalized spacial score (nSPS) is 9.00. The number of hydrogen-bond donors (Lipinski definition) is 0. The standard InChI is InChI=1S/C8H8O/c1-2-9-8-6-4-3-5-7-8/h3-7H,1H3. The van der Waals surface area contributed by atoms with Gasteiger partial charge in [-0.15, -0.1) is 0 Å². The van der Waals surface area contributed by atoms with Gasteiger partial charge >= 0.3 is 0 Å². The lowest BCUT2D eigenvalue weighted by Crippen LogP contribution is -1.82. The third kappa shape index (κ3) is 1.76. The predicted octanol–water partition coefficient (Wildman–Crippen LogP) is 2.12. The minimum atomic E-state index is 0.833. The van der Waals surface area contributed by atoms with Crippen molar-refractivity contribution in [2.75, 3.05) is 0 Å². The van der Waals surface area contributed by atoms with Gasteiger partial charge in [0.1, 0.15) is 5.75 Å². The van der Waals surface area contributed by atoms with Gasteiger partial charge in [0, 0.05) is 0 Å². The maximum atomic E-state index is 4.96. The third-order valence-corrected chi connectivity index (χ3v) is 0.963. The van der Waals surface area contributed by atoms with Crippen LogP contribution in [0.2, 0.25) is 0 Å². The average Bonchev–Trinajstić information content (AvgIpc) is 1.91. The number of rotatable bonds is 2. The molecule has 0 aromatic heterocycles. The summed E-state index contributed by atoms with van der Waals surface area (Å²) in [7, 11) is 0. The molecule has 0 unspecified atom stereocenters. The predicted molar refractivity (Wildman–Crippen MR) is 36.0 cm³/mol. The second-order valence-corrected chi connectivity index (χ2v) is 1.62. The quantitative estimate of drug-likeness (QED) is 0.581. The first-order valence-electron chi connectivity index (χ1n) is 2.82. The maximum absolute atomic E-state index is 4.96. The third-order valence-electron chi connectivity index (χ3n) is 0.963. The maximum Gasteiger partial charge on any atom is 0.192 e. The van der Waals surface area contributed by atoms with Crippen molar-refractivity contribution in [1.82, 2.24) is 0 Å². The van der Waals surface area contributed by atoms with Crippen LogP contribution in [0.4, 0.5) is 0 Å². The van der Waals surface area contributed by atoms with Crippen molar-refractivity contribution >= 4 is 0 Å². The Bertz CT molecular complexity index is 157. The summed E-state index contributed by atoms with van der Waals surface area (Å²) in [5.41, 5.74) is 0. The van der Waals surface area contributed by atoms with Crippen LogP contribution in [0.25, 0.3) is 0 Å². The molecule has 0 saturated carbocycles. The van der Waals surface area contributed by atoms with Crippen LogP contribution in [-0.4, -0.2) is 0 Å². The van der Waals surface area contributed by atoms with Crippen LogP contribution < -0.4 is 4.74 Å². The van der Waals surface area contributed by atoms with Crippen molar-refractivity contribution in [3.05, 3.63) is 36.9 Å². The van der Waals surface area contributed by atoms with Crippen molar-refractivity contribution in [1.29, 1.82) is 0 Å². The van der Waals surface area contributed by atoms with E-state index in [4.69, 9.17) is 4.74 Å². The monoisotopic (exact) mass is 120 g/mol. The number of para-hydroxylation sites is 1. The Kier molecular flexibility index (Phi) is 2.13. The molecule has 0 heterocycles. The van der Waals surface area contributed by atoms with Crippen LogP contribution in [-0.2, 0) is 0 Å². The topological polar surface area (TPSA) is 9.23 Å². The Morgan fingerprint density at radius 2 is 1.89 bits per heavy atom. The zero-order valence-electron chi connectivity index (χ0n) is 5.29. The summed E-state index contributed by atoms with van der Waals surface area (Å²) >= 11 is 0. The van der Waals surface area contributed by atoms with Gasteiger partial charge in [-0.2, -0.15) is 0 Å². The average molecular weight is 120 g/mol. The molecular weight excluding hydrogens is 112 g/mol. The highest BCUT2D eigenvalue weighted by molar-refractivity contribution is 5.21. The fraction of sp³-hybridized carbons (Fsp3) is 0.125. The molecule has 1 heteroatoms. The lowest BCUT2D eigenvalue weighted by Gasteiger charge is -1.97. The molecule has 0 aliphatic rings. The van der Waals surface area contributed by atoms with E-state index in [1.165, 1.54) is 0 Å². The summed E-state index contributed by atoms with van der Waals surface area (Å²) in [5.74, 6) is 0.833. The number of ether oxygens (including phenoxy) is 1. The minimum Gasteiger partial charge on any atom is -0.479 e. The molecular formula is C8H8O. The molecule has 46 valence electrons. The van der Waals surface area contributed by atoms with Gasteiger partial charge in [-0.05, 0) is 19.1 Å². The van der Waals surface area contributed by atoms with Crippen LogP contribution in [0.5, 0.6) is 5.75 Å². The van der Waals surface area contributed by atoms with Crippen molar-refractivity contribution in [2.45, 2.75) is 6.92 Å². The Labute approximate surface area is 55.3 Å². The van der Waals surface area contributed by atoms with Gasteiger partial charge in [0.15, 0.2) is 6.61 Å². The number of hydrogen-bond acceptors (Lipinski definition) is 1. The molecule has 0 amide bonds. The Hall–Kier alpha value is -0.980. The van der Waals surface area contributed by atoms with Crippen LogP contribution in [0.3, 0.4) is 0 Å². The summed E-state index contributed by atoms with van der Waals surface area (Å²) in [6.07, 6.45) is 0. The second kappa shape index (κ2) is 3.13. The Morgan fingerprint density at radius 1 is 1.22 bits per heavy atom. The fourth-order valence-electron chi connectivity index (χ4n) is 0.606. The van der Waals surface area contributed by atoms with E-state index in [2.05, 4.69) is 6.61 Å². The Balaban J connectivity index is 2.61. The molecule has 1 rings (SSSR count). The molecule has 0 aliphatic carbocycles. The van der Waals surface area contributed by atoms with E-state index in [0.717, 1.165) is 5.75 Å². The largest absolute Gasteiger partial charge is 0.479 e. The van der Waals surface area contributed by atoms with Crippen LogP contribution in [0.15, 0.2) is 30.3 Å². The second-order valence-electron chi connectivity index (χ2n) is 1.62. The van der Waals surface area contributed by atoms with Gasteiger partial charge in [0.2, 0.25) is 0 Å². The first kappa shape index (κ1) is 6.14. The molecule has 0 atom stereocenters. The smallest absolute Gasteiger partial charge is 0.192 e. The van der Waals surface area contributed by atoms with Crippen molar-refractivity contribution in [3.63, 3.8) is 0 Å². The van der Waals surface area contributed by atoms with Crippen LogP contribution in [0.1, 0.15) is 6.92 Å². The Morgan fingerprint density at radius 3 is 2.44 bits per heavy atom. The lowest BCUT2D eigenvalue weighted by atomic mass is 10.3. The molecule has 1 aromatic carbocycles. The summed E-state index contributed by atoms with van der Waals surface area (Å²) in [4.78, 5) is 0. The summed E-state index contributed by atoms with van der Waals surface area (Å²) in [6.45, 7) is 4.31. The fourth-order valence-corrected chi connectivity index (χ4v) is 0.606. The minimum absolute atomic E-state index is 0.833. The van der Waals surface area contributed by atoms with Gasteiger partial charge in [-0.25, -0.2) is 0 Å². The van der Waals surface area contributed by atoms with Gasteiger partial charge < -0.3 is 4.74 Å². The van der Waals surface area contributed by atoms with Gasteiger partial charge in [0.05, 0.1) is 0 Å². The molecule has 1 nitrogen and oxygen atoms in total. The number of benzene rings is 1. The van der Waals surface area contributed by atoms with E-state index < -0.39 is 0 Å². The van der Waals surface area contributed by atoms with Crippen molar-refractivity contribution in [3.8, 4) is 5.75 Å². The SMILES string of the molecule is C[C]Oc1ccccc1. The first-order chi connectivity index (χ1) is 4.43. The van der Waals surface area contributed by atoms with Gasteiger partial charge in [0.25, 0.3) is 0 Å². The molecule has 0 spiro atoms. The van der Waals surface area contributed by atoms with E-state index in [0.29, 0.717) is 0 Å². The highest BCUT2D eigenvalue weighted by Gasteiger charge is 1.85. The molecule has 0 aliphatic heterocycles. The highest BCUT2D eigenvalue weighted by Crippen LogP contribution is 2.08. The molecule has 9 heavy (non-hydrogen) atoms. The molecule has 0 N–H and O–H groups in total.